The van der Waals surface area contributed by atoms with Gasteiger partial charge in [-0.05, 0) is 50.7 Å². The van der Waals surface area contributed by atoms with Gasteiger partial charge in [0.25, 0.3) is 0 Å². The second kappa shape index (κ2) is 6.99. The average Bonchev–Trinajstić information content (AvgIpc) is 2.23. The van der Waals surface area contributed by atoms with E-state index in [-0.39, 0.29) is 0 Å². The van der Waals surface area contributed by atoms with Crippen LogP contribution in [0.1, 0.15) is 17.5 Å². The molecule has 0 unspecified atom stereocenters. The highest BCUT2D eigenvalue weighted by Gasteiger charge is 1.96. The molecule has 2 nitrogen and oxygen atoms in total. The Morgan fingerprint density at radius 3 is 2.73 bits per heavy atom. The summed E-state index contributed by atoms with van der Waals surface area (Å²) in [5, 5.41) is 6.56. The van der Waals surface area contributed by atoms with Crippen molar-refractivity contribution in [3.8, 4) is 0 Å². The molecule has 1 rings (SSSR count). The molecule has 1 aromatic carbocycles. The molecule has 0 heterocycles. The van der Waals surface area contributed by atoms with E-state index in [4.69, 9.17) is 0 Å². The number of halogens is 1. The molecule has 2 N–H and O–H groups in total. The van der Waals surface area contributed by atoms with Gasteiger partial charge in [0.05, 0.1) is 0 Å². The zero-order valence-corrected chi connectivity index (χ0v) is 11.0. The van der Waals surface area contributed by atoms with Gasteiger partial charge in [-0.15, -0.1) is 0 Å². The van der Waals surface area contributed by atoms with Crippen molar-refractivity contribution in [2.24, 2.45) is 0 Å². The van der Waals surface area contributed by atoms with Crippen LogP contribution in [0.25, 0.3) is 0 Å². The zero-order valence-electron chi connectivity index (χ0n) is 9.44. The summed E-state index contributed by atoms with van der Waals surface area (Å²) in [5.41, 5.74) is 2.62. The topological polar surface area (TPSA) is 24.1 Å². The van der Waals surface area contributed by atoms with Crippen molar-refractivity contribution in [1.82, 2.24) is 10.6 Å². The molecule has 0 bridgehead atoms. The van der Waals surface area contributed by atoms with Crippen LogP contribution in [-0.4, -0.2) is 20.1 Å². The summed E-state index contributed by atoms with van der Waals surface area (Å²) in [6.07, 6.45) is 1.17. The lowest BCUT2D eigenvalue weighted by atomic mass is 10.1. The Labute approximate surface area is 101 Å². The third-order valence-electron chi connectivity index (χ3n) is 2.35. The molecule has 0 atom stereocenters. The fraction of sp³-hybridized carbons (Fsp3) is 0.500. The molecule has 0 fully saturated rings. The minimum absolute atomic E-state index is 0.947. The molecule has 0 aliphatic heterocycles. The highest BCUT2D eigenvalue weighted by molar-refractivity contribution is 9.10. The zero-order chi connectivity index (χ0) is 11.1. The minimum atomic E-state index is 0.947. The normalized spacial score (nSPS) is 10.6. The van der Waals surface area contributed by atoms with Gasteiger partial charge in [0.1, 0.15) is 0 Å². The quantitative estimate of drug-likeness (QED) is 0.777. The molecule has 0 radical (unpaired) electrons. The number of aryl methyl sites for hydroxylation is 1. The summed E-state index contributed by atoms with van der Waals surface area (Å²) in [6, 6.07) is 6.50. The van der Waals surface area contributed by atoms with Crippen LogP contribution >= 0.6 is 15.9 Å². The molecule has 0 amide bonds. The van der Waals surface area contributed by atoms with Gasteiger partial charge in [-0.2, -0.15) is 0 Å². The Kier molecular flexibility index (Phi) is 5.91. The number of rotatable bonds is 6. The van der Waals surface area contributed by atoms with Crippen LogP contribution in [0, 0.1) is 6.92 Å². The van der Waals surface area contributed by atoms with Gasteiger partial charge in [-0.3, -0.25) is 0 Å². The maximum Gasteiger partial charge on any atom is 0.0207 e. The first-order valence-corrected chi connectivity index (χ1v) is 6.13. The van der Waals surface area contributed by atoms with Gasteiger partial charge in [0.15, 0.2) is 0 Å². The van der Waals surface area contributed by atoms with Gasteiger partial charge in [-0.1, -0.05) is 28.1 Å². The van der Waals surface area contributed by atoms with Crippen molar-refractivity contribution >= 4 is 15.9 Å². The van der Waals surface area contributed by atoms with Crippen molar-refractivity contribution in [3.05, 3.63) is 33.8 Å². The molecule has 0 saturated carbocycles. The number of hydrogen-bond acceptors (Lipinski definition) is 2. The highest BCUT2D eigenvalue weighted by atomic mass is 79.9. The smallest absolute Gasteiger partial charge is 0.0207 e. The third kappa shape index (κ3) is 4.78. The monoisotopic (exact) mass is 270 g/mol. The SMILES string of the molecule is CNCCCNCc1ccc(C)c(Br)c1. The Morgan fingerprint density at radius 1 is 1.27 bits per heavy atom. The van der Waals surface area contributed by atoms with E-state index in [1.807, 2.05) is 7.05 Å². The van der Waals surface area contributed by atoms with Crippen molar-refractivity contribution < 1.29 is 0 Å². The summed E-state index contributed by atoms with van der Waals surface area (Å²) in [5.74, 6) is 0. The first kappa shape index (κ1) is 12.7. The Bertz CT molecular complexity index is 300. The van der Waals surface area contributed by atoms with Crippen LogP contribution in [0.2, 0.25) is 0 Å². The second-order valence-electron chi connectivity index (χ2n) is 3.72. The van der Waals surface area contributed by atoms with E-state index in [1.54, 1.807) is 0 Å². The maximum absolute atomic E-state index is 3.54. The van der Waals surface area contributed by atoms with Crippen molar-refractivity contribution in [1.29, 1.82) is 0 Å². The fourth-order valence-corrected chi connectivity index (χ4v) is 1.80. The summed E-state index contributed by atoms with van der Waals surface area (Å²) >= 11 is 3.54. The lowest BCUT2D eigenvalue weighted by Gasteiger charge is -2.06. The first-order valence-electron chi connectivity index (χ1n) is 5.34. The first-order chi connectivity index (χ1) is 7.24. The van der Waals surface area contributed by atoms with E-state index in [2.05, 4.69) is 51.7 Å². The number of benzene rings is 1. The van der Waals surface area contributed by atoms with E-state index in [9.17, 15) is 0 Å². The van der Waals surface area contributed by atoms with Gasteiger partial charge >= 0.3 is 0 Å². The van der Waals surface area contributed by atoms with E-state index < -0.39 is 0 Å². The standard InChI is InChI=1S/C12H19BrN2/c1-10-4-5-11(8-12(10)13)9-15-7-3-6-14-2/h4-5,8,14-15H,3,6-7,9H2,1-2H3. The van der Waals surface area contributed by atoms with Crippen LogP contribution < -0.4 is 10.6 Å². The Morgan fingerprint density at radius 2 is 2.07 bits per heavy atom. The summed E-state index contributed by atoms with van der Waals surface area (Å²) in [7, 11) is 1.98. The molecule has 0 spiro atoms. The van der Waals surface area contributed by atoms with Crippen LogP contribution in [0.3, 0.4) is 0 Å². The molecule has 3 heteroatoms. The third-order valence-corrected chi connectivity index (χ3v) is 3.20. The average molecular weight is 271 g/mol. The highest BCUT2D eigenvalue weighted by Crippen LogP contribution is 2.17. The fourth-order valence-electron chi connectivity index (χ4n) is 1.37. The lowest BCUT2D eigenvalue weighted by Crippen LogP contribution is -2.19. The van der Waals surface area contributed by atoms with Crippen LogP contribution in [0.15, 0.2) is 22.7 Å². The van der Waals surface area contributed by atoms with Gasteiger partial charge < -0.3 is 10.6 Å². The van der Waals surface area contributed by atoms with E-state index in [0.29, 0.717) is 0 Å². The molecule has 1 aromatic rings. The molecular weight excluding hydrogens is 252 g/mol. The second-order valence-corrected chi connectivity index (χ2v) is 4.57. The molecule has 0 aliphatic rings. The molecule has 84 valence electrons. The molecule has 0 aromatic heterocycles. The van der Waals surface area contributed by atoms with E-state index in [1.165, 1.54) is 22.0 Å². The number of hydrogen-bond donors (Lipinski definition) is 2. The largest absolute Gasteiger partial charge is 0.320 e. The van der Waals surface area contributed by atoms with Gasteiger partial charge in [-0.25, -0.2) is 0 Å². The molecule has 0 aliphatic carbocycles. The predicted molar refractivity (Wildman–Crippen MR) is 69.1 cm³/mol. The van der Waals surface area contributed by atoms with Crippen molar-refractivity contribution in [3.63, 3.8) is 0 Å². The van der Waals surface area contributed by atoms with Crippen molar-refractivity contribution in [2.75, 3.05) is 20.1 Å². The minimum Gasteiger partial charge on any atom is -0.320 e. The molecule has 15 heavy (non-hydrogen) atoms. The van der Waals surface area contributed by atoms with Crippen LogP contribution in [-0.2, 0) is 6.54 Å². The van der Waals surface area contributed by atoms with Crippen molar-refractivity contribution in [2.45, 2.75) is 19.9 Å². The van der Waals surface area contributed by atoms with E-state index >= 15 is 0 Å². The van der Waals surface area contributed by atoms with Crippen LogP contribution in [0.5, 0.6) is 0 Å². The number of nitrogens with one attached hydrogen (secondary N) is 2. The Hall–Kier alpha value is -0.380. The van der Waals surface area contributed by atoms with E-state index in [0.717, 1.165) is 19.6 Å². The van der Waals surface area contributed by atoms with Gasteiger partial charge in [0.2, 0.25) is 0 Å². The van der Waals surface area contributed by atoms with Crippen LogP contribution in [0.4, 0.5) is 0 Å². The predicted octanol–water partition coefficient (Wildman–Crippen LogP) is 2.46. The Balaban J connectivity index is 2.28. The lowest BCUT2D eigenvalue weighted by molar-refractivity contribution is 0.625. The van der Waals surface area contributed by atoms with Gasteiger partial charge in [0, 0.05) is 11.0 Å². The summed E-state index contributed by atoms with van der Waals surface area (Å²) in [6.45, 7) is 5.19. The summed E-state index contributed by atoms with van der Waals surface area (Å²) in [4.78, 5) is 0. The maximum atomic E-state index is 3.54. The summed E-state index contributed by atoms with van der Waals surface area (Å²) < 4.78 is 1.19. The molecule has 0 saturated heterocycles. The molecular formula is C12H19BrN2.